The van der Waals surface area contributed by atoms with E-state index in [0.29, 0.717) is 17.7 Å². The van der Waals surface area contributed by atoms with Crippen molar-refractivity contribution in [2.75, 3.05) is 14.2 Å². The molecule has 0 amide bonds. The molecule has 2 N–H and O–H groups in total. The molecule has 4 heteroatoms. The molecule has 0 aromatic heterocycles. The van der Waals surface area contributed by atoms with Gasteiger partial charge in [0.2, 0.25) is 0 Å². The Hall–Kier alpha value is -1.13. The molecule has 1 aromatic carbocycles. The van der Waals surface area contributed by atoms with Crippen LogP contribution in [0.3, 0.4) is 0 Å². The van der Waals surface area contributed by atoms with Gasteiger partial charge in [0.25, 0.3) is 0 Å². The second-order valence-corrected chi connectivity index (χ2v) is 3.83. The maximum absolute atomic E-state index is 13.6. The highest BCUT2D eigenvalue weighted by molar-refractivity contribution is 5.42. The van der Waals surface area contributed by atoms with Gasteiger partial charge in [0.05, 0.1) is 19.3 Å². The summed E-state index contributed by atoms with van der Waals surface area (Å²) in [6.07, 6.45) is 0.653. The molecule has 0 radical (unpaired) electrons. The fourth-order valence-electron chi connectivity index (χ4n) is 1.69. The average molecular weight is 227 g/mol. The molecule has 0 heterocycles. The number of halogens is 1. The number of benzene rings is 1. The largest absolute Gasteiger partial charge is 0.496 e. The van der Waals surface area contributed by atoms with E-state index >= 15 is 0 Å². The third kappa shape index (κ3) is 2.93. The van der Waals surface area contributed by atoms with Gasteiger partial charge in [-0.3, -0.25) is 0 Å². The van der Waals surface area contributed by atoms with E-state index in [2.05, 4.69) is 0 Å². The predicted octanol–water partition coefficient (Wildman–Crippen LogP) is 1.87. The monoisotopic (exact) mass is 227 g/mol. The van der Waals surface area contributed by atoms with Crippen molar-refractivity contribution < 1.29 is 13.9 Å². The van der Waals surface area contributed by atoms with Gasteiger partial charge in [-0.25, -0.2) is 4.39 Å². The molecule has 0 aliphatic heterocycles. The minimum atomic E-state index is -0.313. The van der Waals surface area contributed by atoms with E-state index in [1.54, 1.807) is 6.07 Å². The summed E-state index contributed by atoms with van der Waals surface area (Å²) in [5.41, 5.74) is 7.09. The molecular formula is C12H18FNO2. The topological polar surface area (TPSA) is 44.5 Å². The Morgan fingerprint density at radius 2 is 2.06 bits per heavy atom. The Bertz CT molecular complexity index is 353. The van der Waals surface area contributed by atoms with Crippen LogP contribution in [-0.2, 0) is 17.8 Å². The van der Waals surface area contributed by atoms with Crippen molar-refractivity contribution in [2.24, 2.45) is 5.73 Å². The lowest BCUT2D eigenvalue weighted by molar-refractivity contribution is 0.177. The molecule has 3 nitrogen and oxygen atoms in total. The summed E-state index contributed by atoms with van der Waals surface area (Å²) in [6.45, 7) is 2.10. The molecule has 16 heavy (non-hydrogen) atoms. The molecule has 1 aromatic rings. The molecule has 90 valence electrons. The van der Waals surface area contributed by atoms with E-state index in [9.17, 15) is 4.39 Å². The summed E-state index contributed by atoms with van der Waals surface area (Å²) in [4.78, 5) is 0. The fourth-order valence-corrected chi connectivity index (χ4v) is 1.69. The fraction of sp³-hybridized carbons (Fsp3) is 0.500. The summed E-state index contributed by atoms with van der Waals surface area (Å²) in [5.74, 6) is 0.228. The quantitative estimate of drug-likeness (QED) is 0.835. The zero-order chi connectivity index (χ0) is 12.1. The molecule has 0 aliphatic rings. The minimum Gasteiger partial charge on any atom is -0.496 e. The van der Waals surface area contributed by atoms with Gasteiger partial charge in [-0.05, 0) is 25.0 Å². The summed E-state index contributed by atoms with van der Waals surface area (Å²) in [6, 6.07) is 3.14. The van der Waals surface area contributed by atoms with Gasteiger partial charge in [-0.15, -0.1) is 0 Å². The maximum atomic E-state index is 13.6. The minimum absolute atomic E-state index is 0.00903. The summed E-state index contributed by atoms with van der Waals surface area (Å²) >= 11 is 0. The van der Waals surface area contributed by atoms with Crippen molar-refractivity contribution in [3.8, 4) is 5.75 Å². The highest BCUT2D eigenvalue weighted by Crippen LogP contribution is 2.28. The molecule has 0 bridgehead atoms. The van der Waals surface area contributed by atoms with Crippen molar-refractivity contribution in [3.63, 3.8) is 0 Å². The third-order valence-corrected chi connectivity index (χ3v) is 2.32. The number of rotatable bonds is 5. The maximum Gasteiger partial charge on any atom is 0.132 e. The Morgan fingerprint density at radius 1 is 1.38 bits per heavy atom. The van der Waals surface area contributed by atoms with Crippen LogP contribution in [0.15, 0.2) is 12.1 Å². The first-order valence-corrected chi connectivity index (χ1v) is 5.19. The lowest BCUT2D eigenvalue weighted by Crippen LogP contribution is -2.18. The highest BCUT2D eigenvalue weighted by atomic mass is 19.1. The number of hydrogen-bond donors (Lipinski definition) is 1. The lowest BCUT2D eigenvalue weighted by atomic mass is 10.0. The highest BCUT2D eigenvalue weighted by Gasteiger charge is 2.14. The van der Waals surface area contributed by atoms with E-state index in [1.165, 1.54) is 20.3 Å². The van der Waals surface area contributed by atoms with Crippen molar-refractivity contribution >= 4 is 0 Å². The van der Waals surface area contributed by atoms with Crippen LogP contribution in [0.5, 0.6) is 5.75 Å². The molecule has 0 saturated heterocycles. The standard InChI is InChI=1S/C12H18FNO2/c1-8(14)6-9-4-5-11(13)10(7-15-2)12(9)16-3/h4-5,8H,6-7,14H2,1-3H3. The van der Waals surface area contributed by atoms with Gasteiger partial charge in [0, 0.05) is 13.2 Å². The van der Waals surface area contributed by atoms with Crippen LogP contribution in [0.4, 0.5) is 4.39 Å². The van der Waals surface area contributed by atoms with Crippen LogP contribution >= 0.6 is 0 Å². The zero-order valence-electron chi connectivity index (χ0n) is 9.92. The number of hydrogen-bond acceptors (Lipinski definition) is 3. The third-order valence-electron chi connectivity index (χ3n) is 2.32. The van der Waals surface area contributed by atoms with Crippen molar-refractivity contribution in [1.29, 1.82) is 0 Å². The van der Waals surface area contributed by atoms with E-state index < -0.39 is 0 Å². The molecule has 0 spiro atoms. The van der Waals surface area contributed by atoms with Gasteiger partial charge >= 0.3 is 0 Å². The smallest absolute Gasteiger partial charge is 0.132 e. The van der Waals surface area contributed by atoms with E-state index in [0.717, 1.165) is 5.56 Å². The van der Waals surface area contributed by atoms with Crippen LogP contribution in [0.2, 0.25) is 0 Å². The molecule has 1 unspecified atom stereocenters. The predicted molar refractivity (Wildman–Crippen MR) is 61.0 cm³/mol. The first kappa shape index (κ1) is 12.9. The van der Waals surface area contributed by atoms with E-state index in [1.807, 2.05) is 6.92 Å². The van der Waals surface area contributed by atoms with Crippen LogP contribution in [0.25, 0.3) is 0 Å². The van der Waals surface area contributed by atoms with Crippen LogP contribution in [0, 0.1) is 5.82 Å². The van der Waals surface area contributed by atoms with Crippen molar-refractivity contribution in [1.82, 2.24) is 0 Å². The lowest BCUT2D eigenvalue weighted by Gasteiger charge is -2.15. The first-order valence-electron chi connectivity index (χ1n) is 5.19. The Kier molecular flexibility index (Phi) is 4.71. The summed E-state index contributed by atoms with van der Waals surface area (Å²) in [7, 11) is 3.05. The van der Waals surface area contributed by atoms with E-state index in [4.69, 9.17) is 15.2 Å². The van der Waals surface area contributed by atoms with Gasteiger partial charge in [-0.2, -0.15) is 0 Å². The second-order valence-electron chi connectivity index (χ2n) is 3.83. The van der Waals surface area contributed by atoms with Gasteiger partial charge in [0.15, 0.2) is 0 Å². The van der Waals surface area contributed by atoms with Crippen molar-refractivity contribution in [3.05, 3.63) is 29.1 Å². The van der Waals surface area contributed by atoms with Gasteiger partial charge < -0.3 is 15.2 Å². The van der Waals surface area contributed by atoms with Crippen molar-refractivity contribution in [2.45, 2.75) is 26.0 Å². The van der Waals surface area contributed by atoms with Gasteiger partial charge in [-0.1, -0.05) is 6.07 Å². The second kappa shape index (κ2) is 5.82. The Balaban J connectivity index is 3.14. The molecular weight excluding hydrogens is 209 g/mol. The summed E-state index contributed by atoms with van der Waals surface area (Å²) < 4.78 is 23.7. The SMILES string of the molecule is COCc1c(F)ccc(CC(C)N)c1OC. The molecule has 1 rings (SSSR count). The molecule has 0 fully saturated rings. The summed E-state index contributed by atoms with van der Waals surface area (Å²) in [5, 5.41) is 0. The zero-order valence-corrected chi connectivity index (χ0v) is 9.92. The van der Waals surface area contributed by atoms with Crippen LogP contribution < -0.4 is 10.5 Å². The number of ether oxygens (including phenoxy) is 2. The molecule has 0 saturated carbocycles. The molecule has 0 aliphatic carbocycles. The Labute approximate surface area is 95.4 Å². The van der Waals surface area contributed by atoms with E-state index in [-0.39, 0.29) is 18.5 Å². The molecule has 1 atom stereocenters. The Morgan fingerprint density at radius 3 is 2.56 bits per heavy atom. The average Bonchev–Trinajstić information content (AvgIpc) is 2.23. The normalized spacial score (nSPS) is 12.6. The number of methoxy groups -OCH3 is 2. The van der Waals surface area contributed by atoms with Crippen LogP contribution in [0.1, 0.15) is 18.1 Å². The van der Waals surface area contributed by atoms with Crippen LogP contribution in [-0.4, -0.2) is 20.3 Å². The number of nitrogens with two attached hydrogens (primary N) is 1. The van der Waals surface area contributed by atoms with Gasteiger partial charge in [0.1, 0.15) is 11.6 Å². The first-order chi connectivity index (χ1) is 7.60.